The fourth-order valence-electron chi connectivity index (χ4n) is 2.14. The molecule has 1 amide bonds. The maximum Gasteiger partial charge on any atom is 0.405 e. The number of nitrogens with one attached hydrogen (secondary N) is 1. The van der Waals surface area contributed by atoms with Crippen LogP contribution in [0.4, 0.5) is 13.2 Å². The van der Waals surface area contributed by atoms with Crippen molar-refractivity contribution in [1.29, 1.82) is 0 Å². The summed E-state index contributed by atoms with van der Waals surface area (Å²) in [5.74, 6) is 0.247. The van der Waals surface area contributed by atoms with E-state index in [9.17, 15) is 18.0 Å². The highest BCUT2D eigenvalue weighted by molar-refractivity contribution is 5.78. The minimum Gasteiger partial charge on any atom is -0.497 e. The average molecular weight is 288 g/mol. The lowest BCUT2D eigenvalue weighted by Crippen LogP contribution is -2.59. The van der Waals surface area contributed by atoms with Crippen molar-refractivity contribution >= 4 is 5.91 Å². The summed E-state index contributed by atoms with van der Waals surface area (Å²) in [4.78, 5) is 12.4. The molecule has 1 aliphatic heterocycles. The molecule has 0 spiro atoms. The Balaban J connectivity index is 2.12. The van der Waals surface area contributed by atoms with Gasteiger partial charge in [-0.2, -0.15) is 13.2 Å². The second kappa shape index (κ2) is 5.70. The molecule has 110 valence electrons. The molecule has 1 heterocycles. The van der Waals surface area contributed by atoms with Crippen LogP contribution < -0.4 is 10.1 Å². The minimum atomic E-state index is -4.36. The highest BCUT2D eigenvalue weighted by Gasteiger charge is 2.46. The van der Waals surface area contributed by atoms with Crippen molar-refractivity contribution in [3.05, 3.63) is 29.8 Å². The molecule has 1 fully saturated rings. The highest BCUT2D eigenvalue weighted by Crippen LogP contribution is 2.27. The van der Waals surface area contributed by atoms with E-state index in [-0.39, 0.29) is 19.0 Å². The number of halogens is 3. The van der Waals surface area contributed by atoms with Crippen molar-refractivity contribution < 1.29 is 22.7 Å². The van der Waals surface area contributed by atoms with E-state index >= 15 is 0 Å². The molecular formula is C13H15F3N2O2. The topological polar surface area (TPSA) is 41.6 Å². The van der Waals surface area contributed by atoms with E-state index in [1.54, 1.807) is 24.3 Å². The van der Waals surface area contributed by atoms with Crippen molar-refractivity contribution in [3.8, 4) is 5.75 Å². The predicted octanol–water partition coefficient (Wildman–Crippen LogP) is 1.56. The maximum atomic E-state index is 12.9. The first-order chi connectivity index (χ1) is 9.40. The number of alkyl halides is 3. The summed E-state index contributed by atoms with van der Waals surface area (Å²) in [6.45, 7) is -0.587. The molecule has 1 saturated heterocycles. The van der Waals surface area contributed by atoms with E-state index in [2.05, 4.69) is 5.32 Å². The van der Waals surface area contributed by atoms with Crippen LogP contribution in [0.3, 0.4) is 0 Å². The Morgan fingerprint density at radius 1 is 1.35 bits per heavy atom. The van der Waals surface area contributed by atoms with Gasteiger partial charge in [0, 0.05) is 13.1 Å². The zero-order chi connectivity index (χ0) is 14.8. The number of methoxy groups -OCH3 is 1. The van der Waals surface area contributed by atoms with Crippen molar-refractivity contribution in [3.63, 3.8) is 0 Å². The maximum absolute atomic E-state index is 12.9. The molecule has 2 rings (SSSR count). The molecule has 0 saturated carbocycles. The molecule has 1 N–H and O–H groups in total. The van der Waals surface area contributed by atoms with Gasteiger partial charge >= 0.3 is 6.18 Å². The van der Waals surface area contributed by atoms with Crippen molar-refractivity contribution in [1.82, 2.24) is 10.2 Å². The van der Waals surface area contributed by atoms with Crippen molar-refractivity contribution in [2.75, 3.05) is 20.2 Å². The molecule has 0 aromatic heterocycles. The van der Waals surface area contributed by atoms with Crippen molar-refractivity contribution in [2.45, 2.75) is 18.8 Å². The van der Waals surface area contributed by atoms with Gasteiger partial charge in [-0.3, -0.25) is 9.69 Å². The van der Waals surface area contributed by atoms with Gasteiger partial charge in [-0.1, -0.05) is 12.1 Å². The number of amides is 1. The molecule has 0 radical (unpaired) electrons. The number of rotatable bonds is 3. The molecule has 1 atom stereocenters. The van der Waals surface area contributed by atoms with Gasteiger partial charge in [-0.25, -0.2) is 0 Å². The number of benzene rings is 1. The monoisotopic (exact) mass is 288 g/mol. The summed E-state index contributed by atoms with van der Waals surface area (Å²) in [5, 5.41) is 2.25. The van der Waals surface area contributed by atoms with Crippen LogP contribution in [0.2, 0.25) is 0 Å². The average Bonchev–Trinajstić information content (AvgIpc) is 2.38. The Kier molecular flexibility index (Phi) is 4.17. The van der Waals surface area contributed by atoms with E-state index in [1.165, 1.54) is 7.11 Å². The molecule has 1 aromatic carbocycles. The molecule has 1 aromatic rings. The van der Waals surface area contributed by atoms with E-state index in [1.807, 2.05) is 0 Å². The third kappa shape index (κ3) is 3.41. The number of ether oxygens (including phenoxy) is 1. The van der Waals surface area contributed by atoms with Crippen LogP contribution in [0, 0.1) is 0 Å². The normalized spacial score (nSPS) is 20.6. The lowest BCUT2D eigenvalue weighted by molar-refractivity contribution is -0.190. The van der Waals surface area contributed by atoms with E-state index in [0.717, 1.165) is 4.90 Å². The zero-order valence-corrected chi connectivity index (χ0v) is 10.9. The number of nitrogens with zero attached hydrogens (tertiary/aromatic N) is 1. The standard InChI is InChI=1S/C13H15F3N2O2/c1-20-10-4-2-9(3-5-10)7-18-8-12(19)17-6-11(18)13(14,15)16/h2-5,11H,6-8H2,1H3,(H,17,19). The number of piperazine rings is 1. The van der Waals surface area contributed by atoms with Gasteiger partial charge in [0.15, 0.2) is 0 Å². The van der Waals surface area contributed by atoms with Crippen LogP contribution in [0.1, 0.15) is 5.56 Å². The zero-order valence-electron chi connectivity index (χ0n) is 10.9. The lowest BCUT2D eigenvalue weighted by atomic mass is 10.1. The molecule has 7 heteroatoms. The first kappa shape index (κ1) is 14.6. The Morgan fingerprint density at radius 2 is 2.00 bits per heavy atom. The number of carbonyl (C=O) groups is 1. The molecule has 0 bridgehead atoms. The van der Waals surface area contributed by atoms with Crippen LogP contribution >= 0.6 is 0 Å². The molecule has 4 nitrogen and oxygen atoms in total. The van der Waals surface area contributed by atoms with E-state index in [0.29, 0.717) is 11.3 Å². The summed E-state index contributed by atoms with van der Waals surface area (Å²) in [6.07, 6.45) is -4.36. The van der Waals surface area contributed by atoms with Crippen LogP contribution in [-0.2, 0) is 11.3 Å². The fraction of sp³-hybridized carbons (Fsp3) is 0.462. The van der Waals surface area contributed by atoms with Crippen LogP contribution in [0.25, 0.3) is 0 Å². The van der Waals surface area contributed by atoms with Gasteiger partial charge in [0.2, 0.25) is 5.91 Å². The molecule has 20 heavy (non-hydrogen) atoms. The number of carbonyl (C=O) groups excluding carboxylic acids is 1. The fourth-order valence-corrected chi connectivity index (χ4v) is 2.14. The summed E-state index contributed by atoms with van der Waals surface area (Å²) >= 11 is 0. The first-order valence-electron chi connectivity index (χ1n) is 6.10. The lowest BCUT2D eigenvalue weighted by Gasteiger charge is -2.36. The molecule has 1 aliphatic rings. The van der Waals surface area contributed by atoms with Crippen LogP contribution in [0.15, 0.2) is 24.3 Å². The summed E-state index contributed by atoms with van der Waals surface area (Å²) in [6, 6.07) is 5.10. The Morgan fingerprint density at radius 3 is 2.55 bits per heavy atom. The van der Waals surface area contributed by atoms with Crippen molar-refractivity contribution in [2.24, 2.45) is 0 Å². The summed E-state index contributed by atoms with van der Waals surface area (Å²) in [5.41, 5.74) is 0.703. The quantitative estimate of drug-likeness (QED) is 0.917. The highest BCUT2D eigenvalue weighted by atomic mass is 19.4. The second-order valence-corrected chi connectivity index (χ2v) is 4.61. The van der Waals surface area contributed by atoms with Gasteiger partial charge in [-0.05, 0) is 17.7 Å². The Labute approximate surface area is 114 Å². The molecule has 0 aliphatic carbocycles. The minimum absolute atomic E-state index is 0.0710. The van der Waals surface area contributed by atoms with E-state index < -0.39 is 18.8 Å². The third-order valence-electron chi connectivity index (χ3n) is 3.20. The third-order valence-corrected chi connectivity index (χ3v) is 3.20. The van der Waals surface area contributed by atoms with Crippen LogP contribution in [-0.4, -0.2) is 43.2 Å². The smallest absolute Gasteiger partial charge is 0.405 e. The summed E-state index contributed by atoms with van der Waals surface area (Å²) in [7, 11) is 1.52. The van der Waals surface area contributed by atoms with Gasteiger partial charge in [0.05, 0.1) is 13.7 Å². The Hall–Kier alpha value is -1.76. The summed E-state index contributed by atoms with van der Waals surface area (Å²) < 4.78 is 43.8. The Bertz CT molecular complexity index is 473. The van der Waals surface area contributed by atoms with Crippen LogP contribution in [0.5, 0.6) is 5.75 Å². The molecular weight excluding hydrogens is 273 g/mol. The number of hydrogen-bond acceptors (Lipinski definition) is 3. The van der Waals surface area contributed by atoms with Gasteiger partial charge < -0.3 is 10.1 Å². The first-order valence-corrected chi connectivity index (χ1v) is 6.10. The number of hydrogen-bond donors (Lipinski definition) is 1. The SMILES string of the molecule is COc1ccc(CN2CC(=O)NCC2C(F)(F)F)cc1. The van der Waals surface area contributed by atoms with Gasteiger partial charge in [-0.15, -0.1) is 0 Å². The van der Waals surface area contributed by atoms with Gasteiger partial charge in [0.1, 0.15) is 11.8 Å². The largest absolute Gasteiger partial charge is 0.497 e. The predicted molar refractivity (Wildman–Crippen MR) is 66.3 cm³/mol. The molecule has 1 unspecified atom stereocenters. The van der Waals surface area contributed by atoms with E-state index in [4.69, 9.17) is 4.74 Å². The second-order valence-electron chi connectivity index (χ2n) is 4.61. The van der Waals surface area contributed by atoms with Gasteiger partial charge in [0.25, 0.3) is 0 Å².